The minimum atomic E-state index is -0.984. The van der Waals surface area contributed by atoms with Crippen molar-refractivity contribution in [2.45, 2.75) is 19.4 Å². The van der Waals surface area contributed by atoms with Gasteiger partial charge in [0.1, 0.15) is 5.60 Å². The van der Waals surface area contributed by atoms with Crippen LogP contribution in [0, 0.1) is 6.92 Å². The zero-order valence-electron chi connectivity index (χ0n) is 9.81. The van der Waals surface area contributed by atoms with Crippen LogP contribution in [-0.4, -0.2) is 14.9 Å². The lowest BCUT2D eigenvalue weighted by Gasteiger charge is -2.22. The molecule has 3 nitrogen and oxygen atoms in total. The van der Waals surface area contributed by atoms with Gasteiger partial charge in [-0.1, -0.05) is 29.8 Å². The second kappa shape index (κ2) is 3.76. The summed E-state index contributed by atoms with van der Waals surface area (Å²) in [6, 6.07) is 7.89. The first-order valence-corrected chi connectivity index (χ1v) is 5.29. The fourth-order valence-corrected chi connectivity index (χ4v) is 1.72. The number of hydrogen-bond donors (Lipinski definition) is 1. The Morgan fingerprint density at radius 1 is 1.19 bits per heavy atom. The van der Waals surface area contributed by atoms with Crippen molar-refractivity contribution in [3.63, 3.8) is 0 Å². The van der Waals surface area contributed by atoms with E-state index in [0.717, 1.165) is 11.1 Å². The molecule has 2 aromatic rings. The molecule has 2 rings (SSSR count). The van der Waals surface area contributed by atoms with E-state index in [9.17, 15) is 5.11 Å². The maximum Gasteiger partial charge on any atom is 0.115 e. The van der Waals surface area contributed by atoms with Gasteiger partial charge in [-0.25, -0.2) is 0 Å². The van der Waals surface area contributed by atoms with E-state index in [1.807, 2.05) is 44.4 Å². The molecule has 0 bridgehead atoms. The third kappa shape index (κ3) is 1.86. The van der Waals surface area contributed by atoms with Gasteiger partial charge in [-0.3, -0.25) is 4.68 Å². The van der Waals surface area contributed by atoms with Gasteiger partial charge in [0.2, 0.25) is 0 Å². The molecule has 1 atom stereocenters. The molecular formula is C13H16N2O. The number of hydrogen-bond acceptors (Lipinski definition) is 2. The summed E-state index contributed by atoms with van der Waals surface area (Å²) in [5.74, 6) is 0. The molecule has 0 amide bonds. The molecule has 0 aliphatic rings. The predicted octanol–water partition coefficient (Wildman–Crippen LogP) is 1.98. The minimum absolute atomic E-state index is 0.804. The van der Waals surface area contributed by atoms with E-state index in [-0.39, 0.29) is 0 Å². The molecule has 1 unspecified atom stereocenters. The van der Waals surface area contributed by atoms with Crippen LogP contribution in [0.25, 0.3) is 0 Å². The second-order valence-electron chi connectivity index (χ2n) is 4.34. The number of aromatic nitrogens is 2. The van der Waals surface area contributed by atoms with Crippen molar-refractivity contribution in [2.75, 3.05) is 0 Å². The Labute approximate surface area is 95.3 Å². The summed E-state index contributed by atoms with van der Waals surface area (Å²) in [5.41, 5.74) is 1.89. The van der Waals surface area contributed by atoms with Crippen LogP contribution < -0.4 is 0 Å². The van der Waals surface area contributed by atoms with Gasteiger partial charge >= 0.3 is 0 Å². The number of nitrogens with zero attached hydrogens (tertiary/aromatic N) is 2. The highest BCUT2D eigenvalue weighted by molar-refractivity contribution is 5.34. The summed E-state index contributed by atoms with van der Waals surface area (Å²) in [7, 11) is 1.84. The van der Waals surface area contributed by atoms with E-state index >= 15 is 0 Å². The summed E-state index contributed by atoms with van der Waals surface area (Å²) in [6.45, 7) is 3.82. The zero-order chi connectivity index (χ0) is 11.8. The zero-order valence-corrected chi connectivity index (χ0v) is 9.81. The number of aliphatic hydroxyl groups is 1. The smallest absolute Gasteiger partial charge is 0.115 e. The van der Waals surface area contributed by atoms with Crippen molar-refractivity contribution in [1.82, 2.24) is 9.78 Å². The van der Waals surface area contributed by atoms with Crippen molar-refractivity contribution in [3.8, 4) is 0 Å². The third-order valence-electron chi connectivity index (χ3n) is 2.88. The molecule has 1 heterocycles. The molecule has 16 heavy (non-hydrogen) atoms. The molecule has 3 heteroatoms. The lowest BCUT2D eigenvalue weighted by molar-refractivity contribution is 0.102. The molecule has 0 aliphatic heterocycles. The molecule has 0 saturated heterocycles. The van der Waals surface area contributed by atoms with Crippen LogP contribution in [0.5, 0.6) is 0 Å². The number of aryl methyl sites for hydroxylation is 2. The average molecular weight is 216 g/mol. The van der Waals surface area contributed by atoms with E-state index in [4.69, 9.17) is 0 Å². The molecule has 1 N–H and O–H groups in total. The summed E-state index contributed by atoms with van der Waals surface area (Å²) in [5, 5.41) is 14.6. The summed E-state index contributed by atoms with van der Waals surface area (Å²) >= 11 is 0. The van der Waals surface area contributed by atoms with Gasteiger partial charge in [0, 0.05) is 18.8 Å². The van der Waals surface area contributed by atoms with Gasteiger partial charge in [-0.05, 0) is 19.4 Å². The highest BCUT2D eigenvalue weighted by atomic mass is 16.3. The topological polar surface area (TPSA) is 38.1 Å². The van der Waals surface area contributed by atoms with Crippen molar-refractivity contribution in [3.05, 3.63) is 53.3 Å². The summed E-state index contributed by atoms with van der Waals surface area (Å²) in [6.07, 6.45) is 3.53. The first kappa shape index (κ1) is 10.9. The molecule has 0 saturated carbocycles. The SMILES string of the molecule is Cc1ccc(C(C)(O)c2cnn(C)c2)cc1. The highest BCUT2D eigenvalue weighted by Crippen LogP contribution is 2.28. The minimum Gasteiger partial charge on any atom is -0.381 e. The van der Waals surface area contributed by atoms with Gasteiger partial charge in [-0.2, -0.15) is 5.10 Å². The van der Waals surface area contributed by atoms with Gasteiger partial charge < -0.3 is 5.11 Å². The van der Waals surface area contributed by atoms with Crippen molar-refractivity contribution < 1.29 is 5.11 Å². The first-order chi connectivity index (χ1) is 7.50. The van der Waals surface area contributed by atoms with Crippen molar-refractivity contribution >= 4 is 0 Å². The Kier molecular flexibility index (Phi) is 2.56. The molecule has 1 aromatic carbocycles. The second-order valence-corrected chi connectivity index (χ2v) is 4.34. The monoisotopic (exact) mass is 216 g/mol. The highest BCUT2D eigenvalue weighted by Gasteiger charge is 2.26. The van der Waals surface area contributed by atoms with Gasteiger partial charge in [0.25, 0.3) is 0 Å². The van der Waals surface area contributed by atoms with E-state index in [1.165, 1.54) is 5.56 Å². The van der Waals surface area contributed by atoms with Crippen LogP contribution in [0.3, 0.4) is 0 Å². The fourth-order valence-electron chi connectivity index (χ4n) is 1.72. The van der Waals surface area contributed by atoms with Crippen LogP contribution in [0.4, 0.5) is 0 Å². The number of rotatable bonds is 2. The van der Waals surface area contributed by atoms with Crippen LogP contribution in [0.2, 0.25) is 0 Å². The van der Waals surface area contributed by atoms with Crippen LogP contribution in [0.15, 0.2) is 36.7 Å². The summed E-state index contributed by atoms with van der Waals surface area (Å²) < 4.78 is 1.69. The third-order valence-corrected chi connectivity index (χ3v) is 2.88. The van der Waals surface area contributed by atoms with Gasteiger partial charge in [0.15, 0.2) is 0 Å². The molecule has 0 aliphatic carbocycles. The molecule has 0 radical (unpaired) electrons. The lowest BCUT2D eigenvalue weighted by atomic mass is 9.90. The summed E-state index contributed by atoms with van der Waals surface area (Å²) in [4.78, 5) is 0. The fraction of sp³-hybridized carbons (Fsp3) is 0.308. The average Bonchev–Trinajstić information content (AvgIpc) is 2.66. The quantitative estimate of drug-likeness (QED) is 0.833. The molecule has 1 aromatic heterocycles. The normalized spacial score (nSPS) is 14.8. The van der Waals surface area contributed by atoms with Crippen molar-refractivity contribution in [1.29, 1.82) is 0 Å². The molecule has 0 spiro atoms. The van der Waals surface area contributed by atoms with E-state index in [1.54, 1.807) is 17.8 Å². The predicted molar refractivity (Wildman–Crippen MR) is 63.1 cm³/mol. The van der Waals surface area contributed by atoms with E-state index < -0.39 is 5.60 Å². The Morgan fingerprint density at radius 3 is 2.31 bits per heavy atom. The molecule has 84 valence electrons. The van der Waals surface area contributed by atoms with Crippen LogP contribution in [0.1, 0.15) is 23.6 Å². The standard InChI is InChI=1S/C13H16N2O/c1-10-4-6-11(7-5-10)13(2,16)12-8-14-15(3)9-12/h4-9,16H,1-3H3. The van der Waals surface area contributed by atoms with Crippen molar-refractivity contribution in [2.24, 2.45) is 7.05 Å². The number of benzene rings is 1. The maximum absolute atomic E-state index is 10.5. The Morgan fingerprint density at radius 2 is 1.81 bits per heavy atom. The van der Waals surface area contributed by atoms with Gasteiger partial charge in [0.05, 0.1) is 6.20 Å². The largest absolute Gasteiger partial charge is 0.381 e. The first-order valence-electron chi connectivity index (χ1n) is 5.29. The lowest BCUT2D eigenvalue weighted by Crippen LogP contribution is -2.22. The van der Waals surface area contributed by atoms with E-state index in [0.29, 0.717) is 0 Å². The Balaban J connectivity index is 2.42. The van der Waals surface area contributed by atoms with Gasteiger partial charge in [-0.15, -0.1) is 0 Å². The Bertz CT molecular complexity index is 483. The van der Waals surface area contributed by atoms with Crippen LogP contribution >= 0.6 is 0 Å². The Hall–Kier alpha value is -1.61. The molecular weight excluding hydrogens is 200 g/mol. The van der Waals surface area contributed by atoms with Crippen LogP contribution in [-0.2, 0) is 12.6 Å². The molecule has 0 fully saturated rings. The maximum atomic E-state index is 10.5. The van der Waals surface area contributed by atoms with E-state index in [2.05, 4.69) is 5.10 Å².